The minimum atomic E-state index is -0.621. The van der Waals surface area contributed by atoms with E-state index >= 15 is 0 Å². The normalized spacial score (nSPS) is 10.4. The number of halogens is 1. The van der Waals surface area contributed by atoms with Crippen molar-refractivity contribution in [3.63, 3.8) is 0 Å². The van der Waals surface area contributed by atoms with Crippen LogP contribution in [0.3, 0.4) is 0 Å². The zero-order chi connectivity index (χ0) is 21.0. The van der Waals surface area contributed by atoms with Gasteiger partial charge in [0.25, 0.3) is 0 Å². The minimum Gasteiger partial charge on any atom is -0.461 e. The number of nitrogens with zero attached hydrogens (tertiary/aromatic N) is 2. The summed E-state index contributed by atoms with van der Waals surface area (Å²) in [4.78, 5) is 25.6. The first-order chi connectivity index (χ1) is 14.0. The predicted molar refractivity (Wildman–Crippen MR) is 114 cm³/mol. The molecule has 0 radical (unpaired) electrons. The lowest BCUT2D eigenvalue weighted by Crippen LogP contribution is -2.17. The van der Waals surface area contributed by atoms with E-state index in [9.17, 15) is 9.59 Å². The number of benzene rings is 1. The van der Waals surface area contributed by atoms with Crippen molar-refractivity contribution in [3.8, 4) is 22.2 Å². The molecule has 2 aromatic heterocycles. The van der Waals surface area contributed by atoms with Crippen molar-refractivity contribution in [1.82, 2.24) is 4.57 Å². The summed E-state index contributed by atoms with van der Waals surface area (Å²) in [7, 11) is 0. The molecule has 0 bridgehead atoms. The highest BCUT2D eigenvalue weighted by Gasteiger charge is 2.24. The summed E-state index contributed by atoms with van der Waals surface area (Å²) in [6.45, 7) is 3.92. The number of carbonyl (C=O) groups excluding carboxylic acids is 2. The van der Waals surface area contributed by atoms with Crippen LogP contribution in [0.5, 0.6) is 0 Å². The molecule has 6 nitrogen and oxygen atoms in total. The Hall–Kier alpha value is -3.08. The third kappa shape index (κ3) is 4.34. The lowest BCUT2D eigenvalue weighted by atomic mass is 10.1. The number of aryl methyl sites for hydroxylation is 1. The Labute approximate surface area is 177 Å². The van der Waals surface area contributed by atoms with Crippen LogP contribution in [0.25, 0.3) is 16.1 Å². The number of thiophene rings is 1. The molecule has 1 amide bonds. The number of nitriles is 1. The summed E-state index contributed by atoms with van der Waals surface area (Å²) in [6.07, 6.45) is -0.333. The van der Waals surface area contributed by atoms with Crippen LogP contribution < -0.4 is 5.32 Å². The number of hydrogen-bond donors (Lipinski definition) is 1. The molecule has 148 valence electrons. The Morgan fingerprint density at radius 2 is 2.00 bits per heavy atom. The van der Waals surface area contributed by atoms with E-state index in [0.29, 0.717) is 5.69 Å². The monoisotopic (exact) mass is 427 g/mol. The predicted octanol–water partition coefficient (Wildman–Crippen LogP) is 5.20. The number of carbonyl (C=O) groups is 2. The zero-order valence-corrected chi connectivity index (χ0v) is 17.4. The molecule has 0 aliphatic rings. The van der Waals surface area contributed by atoms with Crippen molar-refractivity contribution >= 4 is 40.5 Å². The first-order valence-corrected chi connectivity index (χ1v) is 10.1. The van der Waals surface area contributed by atoms with Crippen LogP contribution in [0.15, 0.2) is 41.8 Å². The highest BCUT2D eigenvalue weighted by atomic mass is 35.5. The maximum absolute atomic E-state index is 12.6. The van der Waals surface area contributed by atoms with E-state index in [1.807, 2.05) is 29.6 Å². The van der Waals surface area contributed by atoms with E-state index in [2.05, 4.69) is 18.3 Å². The van der Waals surface area contributed by atoms with Crippen LogP contribution in [0, 0.1) is 18.3 Å². The molecule has 1 aromatic carbocycles. The fourth-order valence-corrected chi connectivity index (χ4v) is 4.15. The first-order valence-electron chi connectivity index (χ1n) is 8.86. The average Bonchev–Trinajstić information content (AvgIpc) is 3.25. The largest absolute Gasteiger partial charge is 0.461 e. The second-order valence-corrected chi connectivity index (χ2v) is 7.45. The van der Waals surface area contributed by atoms with Gasteiger partial charge in [-0.3, -0.25) is 9.36 Å². The average molecular weight is 428 g/mol. The lowest BCUT2D eigenvalue weighted by Gasteiger charge is -2.12. The van der Waals surface area contributed by atoms with Crippen LogP contribution in [-0.2, 0) is 9.53 Å². The first kappa shape index (κ1) is 20.6. The van der Waals surface area contributed by atoms with E-state index in [0.717, 1.165) is 5.56 Å². The standard InChI is InChI=1S/C21H18ClN3O3S/c1-3-28-21(27)19-16(24-18(26)8-10-23)12-17(22)25(19)15-6-4-14(5-7-15)20-13(2)9-11-29-20/h4-7,9,11-12H,3,8H2,1-2H3,(H,24,26). The van der Waals surface area contributed by atoms with Crippen molar-refractivity contribution in [2.45, 2.75) is 20.3 Å². The molecule has 0 fully saturated rings. The van der Waals surface area contributed by atoms with Crippen LogP contribution in [0.1, 0.15) is 29.4 Å². The van der Waals surface area contributed by atoms with Crippen LogP contribution in [0.4, 0.5) is 5.69 Å². The van der Waals surface area contributed by atoms with Gasteiger partial charge in [-0.1, -0.05) is 23.7 Å². The third-order valence-electron chi connectivity index (χ3n) is 4.19. The molecule has 8 heteroatoms. The van der Waals surface area contributed by atoms with Gasteiger partial charge in [-0.2, -0.15) is 5.26 Å². The molecule has 0 unspecified atom stereocenters. The fraction of sp³-hybridized carbons (Fsp3) is 0.190. The Bertz CT molecular complexity index is 1090. The topological polar surface area (TPSA) is 84.1 Å². The Morgan fingerprint density at radius 3 is 2.59 bits per heavy atom. The van der Waals surface area contributed by atoms with Crippen LogP contribution in [0.2, 0.25) is 5.15 Å². The molecule has 0 atom stereocenters. The highest BCUT2D eigenvalue weighted by molar-refractivity contribution is 7.13. The molecular weight excluding hydrogens is 410 g/mol. The highest BCUT2D eigenvalue weighted by Crippen LogP contribution is 2.33. The second kappa shape index (κ2) is 8.95. The number of nitrogens with one attached hydrogen (secondary N) is 1. The molecule has 29 heavy (non-hydrogen) atoms. The summed E-state index contributed by atoms with van der Waals surface area (Å²) >= 11 is 8.05. The smallest absolute Gasteiger partial charge is 0.357 e. The SMILES string of the molecule is CCOC(=O)c1c(NC(=O)CC#N)cc(Cl)n1-c1ccc(-c2sccc2C)cc1. The molecule has 0 aliphatic carbocycles. The van der Waals surface area contributed by atoms with Crippen LogP contribution >= 0.6 is 22.9 Å². The van der Waals surface area contributed by atoms with Crippen LogP contribution in [-0.4, -0.2) is 23.1 Å². The second-order valence-electron chi connectivity index (χ2n) is 6.15. The minimum absolute atomic E-state index is 0.100. The molecular formula is C21H18ClN3O3S. The van der Waals surface area contributed by atoms with Gasteiger partial charge in [0, 0.05) is 10.6 Å². The molecule has 0 saturated heterocycles. The zero-order valence-electron chi connectivity index (χ0n) is 15.9. The van der Waals surface area contributed by atoms with Crippen molar-refractivity contribution in [3.05, 3.63) is 58.2 Å². The molecule has 1 N–H and O–H groups in total. The third-order valence-corrected chi connectivity index (χ3v) is 5.53. The molecule has 0 aliphatic heterocycles. The van der Waals surface area contributed by atoms with Gasteiger partial charge in [0.1, 0.15) is 11.6 Å². The number of ether oxygens (including phenoxy) is 1. The Kier molecular flexibility index (Phi) is 6.37. The lowest BCUT2D eigenvalue weighted by molar-refractivity contribution is -0.115. The number of hydrogen-bond acceptors (Lipinski definition) is 5. The van der Waals surface area contributed by atoms with Gasteiger partial charge in [-0.15, -0.1) is 11.3 Å². The van der Waals surface area contributed by atoms with E-state index < -0.39 is 11.9 Å². The number of esters is 1. The molecule has 0 saturated carbocycles. The van der Waals surface area contributed by atoms with Gasteiger partial charge in [-0.05, 0) is 54.6 Å². The van der Waals surface area contributed by atoms with Gasteiger partial charge in [0.15, 0.2) is 5.69 Å². The van der Waals surface area contributed by atoms with Crippen molar-refractivity contribution < 1.29 is 14.3 Å². The summed E-state index contributed by atoms with van der Waals surface area (Å²) in [5.41, 5.74) is 3.20. The van der Waals surface area contributed by atoms with E-state index in [-0.39, 0.29) is 29.6 Å². The number of amides is 1. The molecule has 0 spiro atoms. The Morgan fingerprint density at radius 1 is 1.28 bits per heavy atom. The molecule has 2 heterocycles. The Balaban J connectivity index is 2.05. The van der Waals surface area contributed by atoms with Gasteiger partial charge in [-0.25, -0.2) is 4.79 Å². The van der Waals surface area contributed by atoms with Crippen molar-refractivity contribution in [1.29, 1.82) is 5.26 Å². The number of anilines is 1. The van der Waals surface area contributed by atoms with Gasteiger partial charge < -0.3 is 10.1 Å². The van der Waals surface area contributed by atoms with Gasteiger partial charge >= 0.3 is 5.97 Å². The summed E-state index contributed by atoms with van der Waals surface area (Å²) in [6, 6.07) is 12.9. The quantitative estimate of drug-likeness (QED) is 0.548. The molecule has 3 rings (SSSR count). The summed E-state index contributed by atoms with van der Waals surface area (Å²) in [5.74, 6) is -1.15. The van der Waals surface area contributed by atoms with Gasteiger partial charge in [0.05, 0.1) is 18.4 Å². The summed E-state index contributed by atoms with van der Waals surface area (Å²) < 4.78 is 6.67. The number of rotatable bonds is 6. The van der Waals surface area contributed by atoms with E-state index in [1.165, 1.54) is 21.1 Å². The van der Waals surface area contributed by atoms with E-state index in [1.54, 1.807) is 24.3 Å². The fourth-order valence-electron chi connectivity index (χ4n) is 2.92. The maximum atomic E-state index is 12.6. The van der Waals surface area contributed by atoms with Crippen molar-refractivity contribution in [2.24, 2.45) is 0 Å². The van der Waals surface area contributed by atoms with Gasteiger partial charge in [0.2, 0.25) is 5.91 Å². The van der Waals surface area contributed by atoms with E-state index in [4.69, 9.17) is 21.6 Å². The number of aromatic nitrogens is 1. The summed E-state index contributed by atoms with van der Waals surface area (Å²) in [5, 5.41) is 13.5. The maximum Gasteiger partial charge on any atom is 0.357 e. The molecule has 3 aromatic rings. The van der Waals surface area contributed by atoms with Crippen molar-refractivity contribution in [2.75, 3.05) is 11.9 Å².